The summed E-state index contributed by atoms with van der Waals surface area (Å²) < 4.78 is 26.9. The van der Waals surface area contributed by atoms with Crippen LogP contribution in [-0.2, 0) is 28.5 Å². The first kappa shape index (κ1) is 29.1. The van der Waals surface area contributed by atoms with Crippen molar-refractivity contribution in [3.05, 3.63) is 53.7 Å². The van der Waals surface area contributed by atoms with E-state index < -0.39 is 47.9 Å². The van der Waals surface area contributed by atoms with E-state index in [1.807, 2.05) is 25.1 Å². The molecule has 2 aromatic rings. The Balaban J connectivity index is 1.80. The number of hydrogen-bond donors (Lipinski definition) is 3. The number of aliphatic hydroxyl groups is 1. The molecule has 3 N–H and O–H groups in total. The summed E-state index contributed by atoms with van der Waals surface area (Å²) in [6.45, 7) is 8.32. The zero-order valence-corrected chi connectivity index (χ0v) is 22.4. The quantitative estimate of drug-likeness (QED) is 0.161. The van der Waals surface area contributed by atoms with Gasteiger partial charge in [0.2, 0.25) is 6.10 Å². The number of methoxy groups -OCH3 is 3. The van der Waals surface area contributed by atoms with Gasteiger partial charge in [0.25, 0.3) is 11.8 Å². The van der Waals surface area contributed by atoms with Crippen molar-refractivity contribution in [3.63, 3.8) is 0 Å². The zero-order chi connectivity index (χ0) is 28.3. The van der Waals surface area contributed by atoms with Gasteiger partial charge in [-0.2, -0.15) is 0 Å². The first-order chi connectivity index (χ1) is 17.9. The monoisotopic (exact) mass is 530 g/mol. The van der Waals surface area contributed by atoms with Crippen LogP contribution in [0.5, 0.6) is 5.75 Å². The van der Waals surface area contributed by atoms with Gasteiger partial charge in [-0.05, 0) is 49.2 Å². The van der Waals surface area contributed by atoms with Crippen LogP contribution in [0.4, 0.5) is 0 Å². The minimum absolute atomic E-state index is 0.168. The van der Waals surface area contributed by atoms with Crippen molar-refractivity contribution in [2.45, 2.75) is 44.3 Å². The molecular weight excluding hydrogens is 496 g/mol. The molecule has 1 saturated heterocycles. The summed E-state index contributed by atoms with van der Waals surface area (Å²) in [5, 5.41) is 16.0. The molecule has 11 nitrogen and oxygen atoms in total. The summed E-state index contributed by atoms with van der Waals surface area (Å²) in [5.74, 6) is -3.23. The standard InChI is InChI=1S/C27H34N2O9/c1-15-9-8-10-18-19(15)11-17(34-5)12-20(18)25(33)38-22(26(3)14-37-26)24(32)28-16(2)23(31)29-21(13-30)27(4,35-6)36-7/h8-12,21-22,30H,2,13-14H2,1,3-7H3,(H,28,32)(H,29,31)/t21-,22-,26-/m1/s1. The van der Waals surface area contributed by atoms with Crippen LogP contribution >= 0.6 is 0 Å². The van der Waals surface area contributed by atoms with Crippen LogP contribution in [0.3, 0.4) is 0 Å². The fourth-order valence-electron chi connectivity index (χ4n) is 3.92. The predicted molar refractivity (Wildman–Crippen MR) is 138 cm³/mol. The van der Waals surface area contributed by atoms with E-state index in [2.05, 4.69) is 17.2 Å². The molecule has 11 heteroatoms. The molecule has 1 aliphatic heterocycles. The van der Waals surface area contributed by atoms with Crippen LogP contribution in [0.15, 0.2) is 42.6 Å². The highest BCUT2D eigenvalue weighted by molar-refractivity contribution is 6.07. The molecule has 0 bridgehead atoms. The third-order valence-corrected chi connectivity index (χ3v) is 6.74. The van der Waals surface area contributed by atoms with Gasteiger partial charge in [-0.25, -0.2) is 4.79 Å². The van der Waals surface area contributed by atoms with Gasteiger partial charge < -0.3 is 39.4 Å². The molecule has 0 aromatic heterocycles. The van der Waals surface area contributed by atoms with Crippen LogP contribution in [-0.4, -0.2) is 81.0 Å². The molecule has 3 atom stereocenters. The Morgan fingerprint density at radius 2 is 1.84 bits per heavy atom. The van der Waals surface area contributed by atoms with Crippen molar-refractivity contribution in [2.24, 2.45) is 0 Å². The average Bonchev–Trinajstić information content (AvgIpc) is 3.66. The number of nitrogens with one attached hydrogen (secondary N) is 2. The van der Waals surface area contributed by atoms with Crippen LogP contribution in [0.1, 0.15) is 29.8 Å². The molecule has 2 aromatic carbocycles. The van der Waals surface area contributed by atoms with E-state index in [0.717, 1.165) is 10.9 Å². The Labute approximate surface area is 221 Å². The SMILES string of the molecule is C=C(NC(=O)[C@@H](OC(=O)c1cc(OC)cc2c(C)cccc12)[C@@]1(C)CO1)C(=O)N[C@H](CO)C(C)(OC)OC. The molecule has 1 fully saturated rings. The summed E-state index contributed by atoms with van der Waals surface area (Å²) in [6, 6.07) is 7.89. The number of ether oxygens (including phenoxy) is 5. The maximum absolute atomic E-state index is 13.3. The minimum Gasteiger partial charge on any atom is -0.497 e. The fraction of sp³-hybridized carbons (Fsp3) is 0.444. The minimum atomic E-state index is -1.39. The highest BCUT2D eigenvalue weighted by Gasteiger charge is 2.53. The lowest BCUT2D eigenvalue weighted by molar-refractivity contribution is -0.217. The molecule has 2 amide bonds. The number of aryl methyl sites for hydroxylation is 1. The Kier molecular flexibility index (Phi) is 8.78. The van der Waals surface area contributed by atoms with Gasteiger partial charge >= 0.3 is 5.97 Å². The average molecular weight is 531 g/mol. The van der Waals surface area contributed by atoms with E-state index in [9.17, 15) is 19.5 Å². The zero-order valence-electron chi connectivity index (χ0n) is 22.4. The second kappa shape index (κ2) is 11.5. The largest absolute Gasteiger partial charge is 0.497 e. The van der Waals surface area contributed by atoms with Crippen LogP contribution < -0.4 is 15.4 Å². The van der Waals surface area contributed by atoms with Gasteiger partial charge in [-0.3, -0.25) is 9.59 Å². The number of aliphatic hydroxyl groups excluding tert-OH is 1. The topological polar surface area (TPSA) is 145 Å². The number of carbonyl (C=O) groups is 3. The molecule has 1 heterocycles. The van der Waals surface area contributed by atoms with E-state index in [4.69, 9.17) is 23.7 Å². The maximum atomic E-state index is 13.3. The molecule has 0 unspecified atom stereocenters. The Morgan fingerprint density at radius 1 is 1.18 bits per heavy atom. The maximum Gasteiger partial charge on any atom is 0.339 e. The van der Waals surface area contributed by atoms with Crippen molar-refractivity contribution >= 4 is 28.6 Å². The van der Waals surface area contributed by atoms with E-state index in [1.54, 1.807) is 19.1 Å². The van der Waals surface area contributed by atoms with E-state index >= 15 is 0 Å². The van der Waals surface area contributed by atoms with Crippen molar-refractivity contribution in [2.75, 3.05) is 34.5 Å². The molecule has 1 aliphatic rings. The smallest absolute Gasteiger partial charge is 0.339 e. The Bertz CT molecular complexity index is 1230. The summed E-state index contributed by atoms with van der Waals surface area (Å²) in [7, 11) is 4.21. The molecule has 0 aliphatic carbocycles. The predicted octanol–water partition coefficient (Wildman–Crippen LogP) is 1.59. The normalized spacial score (nSPS) is 18.3. The van der Waals surface area contributed by atoms with Crippen molar-refractivity contribution < 1.29 is 43.2 Å². The van der Waals surface area contributed by atoms with Crippen LogP contribution in [0.2, 0.25) is 0 Å². The highest BCUT2D eigenvalue weighted by Crippen LogP contribution is 2.34. The van der Waals surface area contributed by atoms with Gasteiger partial charge in [-0.15, -0.1) is 0 Å². The molecule has 3 rings (SSSR count). The molecule has 0 saturated carbocycles. The molecule has 0 radical (unpaired) electrons. The Hall–Kier alpha value is -3.51. The van der Waals surface area contributed by atoms with E-state index in [0.29, 0.717) is 11.1 Å². The fourth-order valence-corrected chi connectivity index (χ4v) is 3.92. The third kappa shape index (κ3) is 5.97. The highest BCUT2D eigenvalue weighted by atomic mass is 16.7. The number of amides is 2. The molecule has 0 spiro atoms. The van der Waals surface area contributed by atoms with Crippen molar-refractivity contribution in [3.8, 4) is 5.75 Å². The molecular formula is C27H34N2O9. The summed E-state index contributed by atoms with van der Waals surface area (Å²) in [4.78, 5) is 39.2. The van der Waals surface area contributed by atoms with Gasteiger partial charge in [-0.1, -0.05) is 24.8 Å². The lowest BCUT2D eigenvalue weighted by atomic mass is 10.00. The number of fused-ring (bicyclic) bond motifs is 1. The lowest BCUT2D eigenvalue weighted by Crippen LogP contribution is -2.56. The van der Waals surface area contributed by atoms with Gasteiger partial charge in [0.15, 0.2) is 5.79 Å². The van der Waals surface area contributed by atoms with Crippen molar-refractivity contribution in [1.29, 1.82) is 0 Å². The number of carbonyl (C=O) groups excluding carboxylic acids is 3. The third-order valence-electron chi connectivity index (χ3n) is 6.74. The van der Waals surface area contributed by atoms with Gasteiger partial charge in [0.1, 0.15) is 17.4 Å². The molecule has 206 valence electrons. The van der Waals surface area contributed by atoms with Crippen LogP contribution in [0, 0.1) is 6.92 Å². The van der Waals surface area contributed by atoms with Gasteiger partial charge in [0.05, 0.1) is 31.6 Å². The number of esters is 1. The van der Waals surface area contributed by atoms with E-state index in [1.165, 1.54) is 28.3 Å². The second-order valence-electron chi connectivity index (χ2n) is 9.33. The first-order valence-electron chi connectivity index (χ1n) is 11.9. The summed E-state index contributed by atoms with van der Waals surface area (Å²) in [5.41, 5.74) is -0.273. The molecule has 38 heavy (non-hydrogen) atoms. The van der Waals surface area contributed by atoms with Crippen molar-refractivity contribution in [1.82, 2.24) is 10.6 Å². The van der Waals surface area contributed by atoms with E-state index in [-0.39, 0.29) is 17.9 Å². The summed E-state index contributed by atoms with van der Waals surface area (Å²) >= 11 is 0. The first-order valence-corrected chi connectivity index (χ1v) is 11.9. The number of epoxide rings is 1. The number of rotatable bonds is 12. The second-order valence-corrected chi connectivity index (χ2v) is 9.33. The summed E-state index contributed by atoms with van der Waals surface area (Å²) in [6.07, 6.45) is -1.39. The van der Waals surface area contributed by atoms with Gasteiger partial charge in [0, 0.05) is 14.2 Å². The lowest BCUT2D eigenvalue weighted by Gasteiger charge is -2.34. The number of benzene rings is 2. The number of hydrogen-bond acceptors (Lipinski definition) is 9. The Morgan fingerprint density at radius 3 is 2.39 bits per heavy atom. The van der Waals surface area contributed by atoms with Crippen LogP contribution in [0.25, 0.3) is 10.8 Å².